The monoisotopic (exact) mass is 454 g/mol. The van der Waals surface area contributed by atoms with Gasteiger partial charge in [0.15, 0.2) is 0 Å². The van der Waals surface area contributed by atoms with Crippen LogP contribution in [0.3, 0.4) is 0 Å². The molecule has 0 bridgehead atoms. The number of para-hydroxylation sites is 1. The molecule has 0 atom stereocenters. The third kappa shape index (κ3) is 4.67. The van der Waals surface area contributed by atoms with E-state index in [4.69, 9.17) is 4.42 Å². The summed E-state index contributed by atoms with van der Waals surface area (Å²) in [4.78, 5) is 12.7. The first-order valence-electron chi connectivity index (χ1n) is 10.8. The van der Waals surface area contributed by atoms with Crippen molar-refractivity contribution >= 4 is 27.6 Å². The summed E-state index contributed by atoms with van der Waals surface area (Å²) in [5, 5.41) is 10.6. The highest BCUT2D eigenvalue weighted by Gasteiger charge is 2.24. The van der Waals surface area contributed by atoms with Crippen molar-refractivity contribution < 1.29 is 17.6 Å². The summed E-state index contributed by atoms with van der Waals surface area (Å²) in [5.74, 6) is 0.364. The fourth-order valence-electron chi connectivity index (χ4n) is 3.96. The van der Waals surface area contributed by atoms with Crippen molar-refractivity contribution in [3.63, 3.8) is 0 Å². The van der Waals surface area contributed by atoms with Gasteiger partial charge in [0.2, 0.25) is 5.89 Å². The van der Waals surface area contributed by atoms with Gasteiger partial charge >= 0.3 is 6.01 Å². The van der Waals surface area contributed by atoms with E-state index in [1.165, 1.54) is 35.0 Å². The lowest BCUT2D eigenvalue weighted by atomic mass is 9.89. The van der Waals surface area contributed by atoms with Gasteiger partial charge in [-0.25, -0.2) is 8.42 Å². The van der Waals surface area contributed by atoms with E-state index >= 15 is 0 Å². The van der Waals surface area contributed by atoms with E-state index < -0.39 is 15.9 Å². The highest BCUT2D eigenvalue weighted by molar-refractivity contribution is 7.92. The van der Waals surface area contributed by atoms with Gasteiger partial charge in [-0.05, 0) is 56.2 Å². The van der Waals surface area contributed by atoms with Crippen molar-refractivity contribution in [3.8, 4) is 0 Å². The lowest BCUT2D eigenvalue weighted by Crippen LogP contribution is -2.30. The Bertz CT molecular complexity index is 1150. The Morgan fingerprint density at radius 1 is 1.03 bits per heavy atom. The number of benzene rings is 2. The average Bonchev–Trinajstić information content (AvgIpc) is 3.29. The minimum Gasteiger partial charge on any atom is -0.408 e. The normalized spacial score (nSPS) is 14.8. The minimum atomic E-state index is -3.75. The van der Waals surface area contributed by atoms with Gasteiger partial charge in [0.1, 0.15) is 0 Å². The molecule has 1 aliphatic carbocycles. The van der Waals surface area contributed by atoms with Crippen molar-refractivity contribution in [2.75, 3.05) is 16.2 Å². The average molecular weight is 455 g/mol. The molecule has 0 aliphatic heterocycles. The molecule has 0 unspecified atom stereocenters. The Kier molecular flexibility index (Phi) is 6.55. The fraction of sp³-hybridized carbons (Fsp3) is 0.348. The van der Waals surface area contributed by atoms with Gasteiger partial charge in [-0.3, -0.25) is 14.4 Å². The number of rotatable bonds is 7. The molecule has 32 heavy (non-hydrogen) atoms. The molecule has 8 nitrogen and oxygen atoms in total. The fourth-order valence-corrected chi connectivity index (χ4v) is 5.43. The van der Waals surface area contributed by atoms with Gasteiger partial charge in [0, 0.05) is 18.0 Å². The van der Waals surface area contributed by atoms with Crippen LogP contribution < -0.4 is 9.62 Å². The maximum absolute atomic E-state index is 13.1. The van der Waals surface area contributed by atoms with Gasteiger partial charge in [0.25, 0.3) is 15.9 Å². The Labute approximate surface area is 187 Å². The Hall–Kier alpha value is -3.20. The molecule has 168 valence electrons. The van der Waals surface area contributed by atoms with Crippen LogP contribution in [0, 0.1) is 0 Å². The summed E-state index contributed by atoms with van der Waals surface area (Å²) in [5.41, 5.74) is 0.881. The number of carbonyl (C=O) groups is 1. The maximum atomic E-state index is 13.1. The second-order valence-corrected chi connectivity index (χ2v) is 9.63. The highest BCUT2D eigenvalue weighted by Crippen LogP contribution is 2.32. The minimum absolute atomic E-state index is 0.0495. The summed E-state index contributed by atoms with van der Waals surface area (Å²) < 4.78 is 33.1. The van der Waals surface area contributed by atoms with E-state index in [1.807, 2.05) is 6.07 Å². The van der Waals surface area contributed by atoms with E-state index in [2.05, 4.69) is 15.5 Å². The molecule has 9 heteroatoms. The van der Waals surface area contributed by atoms with Crippen molar-refractivity contribution in [1.82, 2.24) is 10.2 Å². The first-order chi connectivity index (χ1) is 15.5. The molecule has 1 saturated carbocycles. The zero-order chi connectivity index (χ0) is 22.6. The number of nitrogens with one attached hydrogen (secondary N) is 1. The number of sulfonamides is 1. The SMILES string of the molecule is CCN(c1ccccc1)S(=O)(=O)c1ccc(C(=O)Nc2nnc(C3CCCCC3)o2)cc1. The molecular weight excluding hydrogens is 428 g/mol. The van der Waals surface area contributed by atoms with Crippen LogP contribution in [0.15, 0.2) is 63.9 Å². The first-order valence-corrected chi connectivity index (χ1v) is 12.3. The van der Waals surface area contributed by atoms with E-state index in [9.17, 15) is 13.2 Å². The third-order valence-electron chi connectivity index (χ3n) is 5.65. The van der Waals surface area contributed by atoms with Crippen LogP contribution in [0.1, 0.15) is 61.2 Å². The number of hydrogen-bond acceptors (Lipinski definition) is 6. The maximum Gasteiger partial charge on any atom is 0.322 e. The standard InChI is InChI=1S/C23H26N4O4S/c1-2-27(19-11-7-4-8-12-19)32(29,30)20-15-13-17(14-16-20)21(28)24-23-26-25-22(31-23)18-9-5-3-6-10-18/h4,7-8,11-16,18H,2-3,5-6,9-10H2,1H3,(H,24,26,28). The number of amides is 1. The summed E-state index contributed by atoms with van der Waals surface area (Å²) >= 11 is 0. The Morgan fingerprint density at radius 2 is 1.72 bits per heavy atom. The summed E-state index contributed by atoms with van der Waals surface area (Å²) in [7, 11) is -3.75. The van der Waals surface area contributed by atoms with Crippen molar-refractivity contribution in [3.05, 3.63) is 66.1 Å². The molecule has 1 N–H and O–H groups in total. The molecule has 0 radical (unpaired) electrons. The quantitative estimate of drug-likeness (QED) is 0.560. The number of carbonyl (C=O) groups excluding carboxylic acids is 1. The summed E-state index contributed by atoms with van der Waals surface area (Å²) in [6, 6.07) is 14.7. The molecule has 2 aromatic carbocycles. The molecule has 0 spiro atoms. The van der Waals surface area contributed by atoms with Gasteiger partial charge in [-0.1, -0.05) is 42.6 Å². The number of nitrogens with zero attached hydrogens (tertiary/aromatic N) is 3. The topological polar surface area (TPSA) is 105 Å². The van der Waals surface area contributed by atoms with Gasteiger partial charge in [-0.2, -0.15) is 0 Å². The van der Waals surface area contributed by atoms with Crippen LogP contribution in [0.25, 0.3) is 0 Å². The van der Waals surface area contributed by atoms with Crippen molar-refractivity contribution in [2.45, 2.75) is 49.8 Å². The Balaban J connectivity index is 1.46. The molecule has 3 aromatic rings. The highest BCUT2D eigenvalue weighted by atomic mass is 32.2. The van der Waals surface area contributed by atoms with Crippen LogP contribution in [0.5, 0.6) is 0 Å². The largest absolute Gasteiger partial charge is 0.408 e. The third-order valence-corrected chi connectivity index (χ3v) is 7.57. The molecule has 1 fully saturated rings. The summed E-state index contributed by atoms with van der Waals surface area (Å²) in [6.45, 7) is 2.06. The van der Waals surface area contributed by atoms with Gasteiger partial charge in [-0.15, -0.1) is 5.10 Å². The molecule has 4 rings (SSSR count). The number of aromatic nitrogens is 2. The smallest absolute Gasteiger partial charge is 0.322 e. The van der Waals surface area contributed by atoms with E-state index in [1.54, 1.807) is 31.2 Å². The Morgan fingerprint density at radius 3 is 2.38 bits per heavy atom. The van der Waals surface area contributed by atoms with E-state index in [-0.39, 0.29) is 23.4 Å². The second-order valence-electron chi connectivity index (χ2n) is 7.76. The molecule has 1 heterocycles. The van der Waals surface area contributed by atoms with Crippen LogP contribution >= 0.6 is 0 Å². The molecule has 1 aromatic heterocycles. The predicted octanol–water partition coefficient (Wildman–Crippen LogP) is 4.58. The second kappa shape index (κ2) is 9.52. The molecule has 1 amide bonds. The van der Waals surface area contributed by atoms with Crippen LogP contribution in [0.4, 0.5) is 11.7 Å². The number of hydrogen-bond donors (Lipinski definition) is 1. The van der Waals surface area contributed by atoms with E-state index in [0.717, 1.165) is 25.7 Å². The van der Waals surface area contributed by atoms with Gasteiger partial charge in [0.05, 0.1) is 10.6 Å². The molecule has 1 aliphatic rings. The molecular formula is C23H26N4O4S. The van der Waals surface area contributed by atoms with E-state index in [0.29, 0.717) is 17.1 Å². The predicted molar refractivity (Wildman–Crippen MR) is 121 cm³/mol. The van der Waals surface area contributed by atoms with Crippen LogP contribution in [0.2, 0.25) is 0 Å². The van der Waals surface area contributed by atoms with Crippen LogP contribution in [-0.4, -0.2) is 31.1 Å². The zero-order valence-corrected chi connectivity index (χ0v) is 18.7. The lowest BCUT2D eigenvalue weighted by Gasteiger charge is -2.22. The first kappa shape index (κ1) is 22.0. The van der Waals surface area contributed by atoms with Crippen molar-refractivity contribution in [2.24, 2.45) is 0 Å². The summed E-state index contributed by atoms with van der Waals surface area (Å²) in [6.07, 6.45) is 5.54. The lowest BCUT2D eigenvalue weighted by molar-refractivity contribution is 0.102. The number of anilines is 2. The van der Waals surface area contributed by atoms with Crippen LogP contribution in [-0.2, 0) is 10.0 Å². The molecule has 0 saturated heterocycles. The zero-order valence-electron chi connectivity index (χ0n) is 17.9. The van der Waals surface area contributed by atoms with Crippen molar-refractivity contribution in [1.29, 1.82) is 0 Å². The van der Waals surface area contributed by atoms with Gasteiger partial charge < -0.3 is 4.42 Å².